The molecule has 2 aliphatic rings. The summed E-state index contributed by atoms with van der Waals surface area (Å²) in [5, 5.41) is 8.90. The molecule has 1 aliphatic carbocycles. The summed E-state index contributed by atoms with van der Waals surface area (Å²) in [6, 6.07) is 3.42. The molecule has 1 saturated carbocycles. The number of fused-ring (bicyclic) bond motifs is 1. The second-order valence-electron chi connectivity index (χ2n) is 6.79. The first-order chi connectivity index (χ1) is 11.2. The van der Waals surface area contributed by atoms with Crippen LogP contribution in [0.15, 0.2) is 23.1 Å². The summed E-state index contributed by atoms with van der Waals surface area (Å²) in [6.07, 6.45) is 5.93. The molecule has 23 heavy (non-hydrogen) atoms. The third-order valence-corrected chi connectivity index (χ3v) is 5.40. The standard InChI is InChI=1S/C17H23N5O/c1-3-22-16(14-7-8-15(23)20(2)9-14)18-19-17(22)21-10-12-5-4-6-13(12)11-21/h7-9,12-13H,3-6,10-11H2,1-2H3/t12-,13+. The molecule has 2 aromatic heterocycles. The minimum Gasteiger partial charge on any atom is -0.340 e. The summed E-state index contributed by atoms with van der Waals surface area (Å²) in [5.74, 6) is 3.48. The van der Waals surface area contributed by atoms with Crippen LogP contribution in [0.3, 0.4) is 0 Å². The molecule has 3 heterocycles. The zero-order valence-corrected chi connectivity index (χ0v) is 13.8. The monoisotopic (exact) mass is 313 g/mol. The van der Waals surface area contributed by atoms with Gasteiger partial charge in [-0.3, -0.25) is 9.36 Å². The van der Waals surface area contributed by atoms with E-state index in [4.69, 9.17) is 0 Å². The van der Waals surface area contributed by atoms with E-state index < -0.39 is 0 Å². The molecular formula is C17H23N5O. The van der Waals surface area contributed by atoms with Crippen LogP contribution in [-0.4, -0.2) is 32.4 Å². The molecule has 0 spiro atoms. The van der Waals surface area contributed by atoms with Crippen molar-refractivity contribution in [1.82, 2.24) is 19.3 Å². The van der Waals surface area contributed by atoms with Gasteiger partial charge < -0.3 is 9.47 Å². The van der Waals surface area contributed by atoms with Gasteiger partial charge in [-0.05, 0) is 37.7 Å². The molecule has 2 aromatic rings. The molecular weight excluding hydrogens is 290 g/mol. The Bertz CT molecular complexity index is 766. The second kappa shape index (κ2) is 5.51. The molecule has 0 amide bonds. The number of rotatable bonds is 3. The highest BCUT2D eigenvalue weighted by Crippen LogP contribution is 2.39. The smallest absolute Gasteiger partial charge is 0.250 e. The lowest BCUT2D eigenvalue weighted by atomic mass is 10.0. The van der Waals surface area contributed by atoms with Crippen molar-refractivity contribution >= 4 is 5.95 Å². The predicted octanol–water partition coefficient (Wildman–Crippen LogP) is 1.90. The Kier molecular flexibility index (Phi) is 3.47. The molecule has 6 heteroatoms. The third-order valence-electron chi connectivity index (χ3n) is 5.40. The van der Waals surface area contributed by atoms with Crippen molar-refractivity contribution in [3.05, 3.63) is 28.7 Å². The number of aromatic nitrogens is 4. The molecule has 0 unspecified atom stereocenters. The molecule has 6 nitrogen and oxygen atoms in total. The zero-order valence-electron chi connectivity index (χ0n) is 13.8. The first-order valence-corrected chi connectivity index (χ1v) is 8.52. The van der Waals surface area contributed by atoms with E-state index in [2.05, 4.69) is 26.6 Å². The fraction of sp³-hybridized carbons (Fsp3) is 0.588. The van der Waals surface area contributed by atoms with E-state index in [0.29, 0.717) is 0 Å². The van der Waals surface area contributed by atoms with E-state index in [0.717, 1.165) is 48.8 Å². The van der Waals surface area contributed by atoms with Crippen molar-refractivity contribution < 1.29 is 0 Å². The van der Waals surface area contributed by atoms with Crippen LogP contribution >= 0.6 is 0 Å². The van der Waals surface area contributed by atoms with Gasteiger partial charge in [0.1, 0.15) is 0 Å². The number of hydrogen-bond acceptors (Lipinski definition) is 4. The number of aryl methyl sites for hydroxylation is 1. The van der Waals surface area contributed by atoms with Crippen molar-refractivity contribution in [1.29, 1.82) is 0 Å². The Morgan fingerprint density at radius 1 is 1.17 bits per heavy atom. The van der Waals surface area contributed by atoms with Crippen LogP contribution in [-0.2, 0) is 13.6 Å². The first kappa shape index (κ1) is 14.5. The van der Waals surface area contributed by atoms with E-state index in [1.807, 2.05) is 12.3 Å². The van der Waals surface area contributed by atoms with Gasteiger partial charge in [0.25, 0.3) is 0 Å². The molecule has 1 saturated heterocycles. The lowest BCUT2D eigenvalue weighted by Crippen LogP contribution is -2.24. The van der Waals surface area contributed by atoms with Gasteiger partial charge in [0.05, 0.1) is 0 Å². The third kappa shape index (κ3) is 2.36. The Labute approximate surface area is 135 Å². The summed E-state index contributed by atoms with van der Waals surface area (Å²) < 4.78 is 3.75. The molecule has 2 atom stereocenters. The van der Waals surface area contributed by atoms with Gasteiger partial charge in [0.2, 0.25) is 11.5 Å². The Balaban J connectivity index is 1.69. The van der Waals surface area contributed by atoms with Crippen LogP contribution < -0.4 is 10.5 Å². The summed E-state index contributed by atoms with van der Waals surface area (Å²) >= 11 is 0. The average molecular weight is 313 g/mol. The molecule has 1 aliphatic heterocycles. The van der Waals surface area contributed by atoms with Gasteiger partial charge in [0, 0.05) is 44.5 Å². The van der Waals surface area contributed by atoms with Crippen molar-refractivity contribution in [3.63, 3.8) is 0 Å². The summed E-state index contributed by atoms with van der Waals surface area (Å²) in [5.41, 5.74) is 0.927. The topological polar surface area (TPSA) is 56.0 Å². The van der Waals surface area contributed by atoms with Gasteiger partial charge >= 0.3 is 0 Å². The highest BCUT2D eigenvalue weighted by molar-refractivity contribution is 5.56. The maximum atomic E-state index is 11.6. The van der Waals surface area contributed by atoms with Crippen molar-refractivity contribution in [2.45, 2.75) is 32.7 Å². The highest BCUT2D eigenvalue weighted by Gasteiger charge is 2.37. The quantitative estimate of drug-likeness (QED) is 0.868. The van der Waals surface area contributed by atoms with E-state index >= 15 is 0 Å². The van der Waals surface area contributed by atoms with Gasteiger partial charge in [-0.25, -0.2) is 0 Å². The normalized spacial score (nSPS) is 23.5. The Morgan fingerprint density at radius 3 is 2.57 bits per heavy atom. The van der Waals surface area contributed by atoms with Crippen LogP contribution in [0.5, 0.6) is 0 Å². The zero-order chi connectivity index (χ0) is 16.0. The van der Waals surface area contributed by atoms with Crippen molar-refractivity contribution in [2.75, 3.05) is 18.0 Å². The van der Waals surface area contributed by atoms with E-state index in [1.165, 1.54) is 19.3 Å². The Hall–Kier alpha value is -2.11. The van der Waals surface area contributed by atoms with Crippen LogP contribution in [0.2, 0.25) is 0 Å². The molecule has 0 aromatic carbocycles. The number of nitrogens with zero attached hydrogens (tertiary/aromatic N) is 5. The van der Waals surface area contributed by atoms with Gasteiger partial charge in [-0.2, -0.15) is 0 Å². The molecule has 0 radical (unpaired) electrons. The lowest BCUT2D eigenvalue weighted by Gasteiger charge is -2.19. The maximum absolute atomic E-state index is 11.6. The van der Waals surface area contributed by atoms with E-state index in [9.17, 15) is 4.79 Å². The van der Waals surface area contributed by atoms with Crippen LogP contribution in [0.1, 0.15) is 26.2 Å². The maximum Gasteiger partial charge on any atom is 0.250 e. The summed E-state index contributed by atoms with van der Waals surface area (Å²) in [4.78, 5) is 14.0. The minimum absolute atomic E-state index is 0.0103. The summed E-state index contributed by atoms with van der Waals surface area (Å²) in [7, 11) is 1.76. The van der Waals surface area contributed by atoms with E-state index in [1.54, 1.807) is 17.7 Å². The van der Waals surface area contributed by atoms with E-state index in [-0.39, 0.29) is 5.56 Å². The van der Waals surface area contributed by atoms with Crippen LogP contribution in [0.25, 0.3) is 11.4 Å². The number of anilines is 1. The molecule has 0 bridgehead atoms. The number of pyridine rings is 1. The molecule has 0 N–H and O–H groups in total. The number of hydrogen-bond donors (Lipinski definition) is 0. The first-order valence-electron chi connectivity index (χ1n) is 8.52. The van der Waals surface area contributed by atoms with Crippen molar-refractivity contribution in [3.8, 4) is 11.4 Å². The SMILES string of the molecule is CCn1c(-c2ccc(=O)n(C)c2)nnc1N1C[C@H]2CCC[C@H]2C1. The minimum atomic E-state index is -0.0103. The van der Waals surface area contributed by atoms with Crippen LogP contribution in [0, 0.1) is 11.8 Å². The predicted molar refractivity (Wildman–Crippen MR) is 89.4 cm³/mol. The van der Waals surface area contributed by atoms with Gasteiger partial charge in [-0.1, -0.05) is 6.42 Å². The fourth-order valence-electron chi connectivity index (χ4n) is 4.16. The lowest BCUT2D eigenvalue weighted by molar-refractivity contribution is 0.494. The summed E-state index contributed by atoms with van der Waals surface area (Å²) in [6.45, 7) is 5.16. The highest BCUT2D eigenvalue weighted by atomic mass is 16.1. The molecule has 4 rings (SSSR count). The van der Waals surface area contributed by atoms with Gasteiger partial charge in [-0.15, -0.1) is 10.2 Å². The Morgan fingerprint density at radius 2 is 1.91 bits per heavy atom. The average Bonchev–Trinajstić information content (AvgIpc) is 3.21. The molecule has 2 fully saturated rings. The second-order valence-corrected chi connectivity index (χ2v) is 6.79. The van der Waals surface area contributed by atoms with Crippen molar-refractivity contribution in [2.24, 2.45) is 18.9 Å². The molecule has 122 valence electrons. The van der Waals surface area contributed by atoms with Gasteiger partial charge in [0.15, 0.2) is 5.82 Å². The van der Waals surface area contributed by atoms with Crippen LogP contribution in [0.4, 0.5) is 5.95 Å². The fourth-order valence-corrected chi connectivity index (χ4v) is 4.16. The largest absolute Gasteiger partial charge is 0.340 e.